The van der Waals surface area contributed by atoms with E-state index in [9.17, 15) is 9.90 Å². The predicted molar refractivity (Wildman–Crippen MR) is 83.3 cm³/mol. The Morgan fingerprint density at radius 3 is 2.65 bits per heavy atom. The minimum atomic E-state index is -0.792. The first-order chi connectivity index (χ1) is 9.49. The van der Waals surface area contributed by atoms with Crippen LogP contribution in [0.25, 0.3) is 0 Å². The van der Waals surface area contributed by atoms with E-state index in [0.717, 1.165) is 30.6 Å². The van der Waals surface area contributed by atoms with Crippen LogP contribution in [-0.2, 0) is 11.2 Å². The van der Waals surface area contributed by atoms with Gasteiger partial charge in [-0.3, -0.25) is 0 Å². The highest BCUT2D eigenvalue weighted by Crippen LogP contribution is 2.21. The Bertz CT molecular complexity index is 446. The SMILES string of the molecule is CCC(C)C(Nc1cc(CCNC)ccc1C)C(=O)O. The number of carbonyl (C=O) groups is 1. The Morgan fingerprint density at radius 1 is 1.40 bits per heavy atom. The van der Waals surface area contributed by atoms with E-state index in [1.807, 2.05) is 33.9 Å². The zero-order valence-electron chi connectivity index (χ0n) is 12.9. The molecule has 2 unspecified atom stereocenters. The maximum atomic E-state index is 11.4. The van der Waals surface area contributed by atoms with Gasteiger partial charge in [0, 0.05) is 5.69 Å². The maximum absolute atomic E-state index is 11.4. The van der Waals surface area contributed by atoms with Gasteiger partial charge in [-0.05, 0) is 50.0 Å². The van der Waals surface area contributed by atoms with Crippen LogP contribution in [0.4, 0.5) is 5.69 Å². The zero-order valence-corrected chi connectivity index (χ0v) is 12.9. The van der Waals surface area contributed by atoms with Crippen molar-refractivity contribution in [1.82, 2.24) is 5.32 Å². The Balaban J connectivity index is 2.90. The number of carboxylic acids is 1. The molecular formula is C16H26N2O2. The molecule has 0 aromatic heterocycles. The summed E-state index contributed by atoms with van der Waals surface area (Å²) in [5.41, 5.74) is 3.21. The van der Waals surface area contributed by atoms with Gasteiger partial charge in [-0.15, -0.1) is 0 Å². The van der Waals surface area contributed by atoms with Crippen LogP contribution in [0.2, 0.25) is 0 Å². The molecule has 0 fully saturated rings. The summed E-state index contributed by atoms with van der Waals surface area (Å²) in [5.74, 6) is -0.702. The first-order valence-corrected chi connectivity index (χ1v) is 7.23. The monoisotopic (exact) mass is 278 g/mol. The average molecular weight is 278 g/mol. The molecule has 1 aromatic rings. The number of aryl methyl sites for hydroxylation is 1. The van der Waals surface area contributed by atoms with Crippen LogP contribution >= 0.6 is 0 Å². The number of aliphatic carboxylic acids is 1. The van der Waals surface area contributed by atoms with Gasteiger partial charge in [0.25, 0.3) is 0 Å². The summed E-state index contributed by atoms with van der Waals surface area (Å²) in [6, 6.07) is 5.66. The second-order valence-corrected chi connectivity index (χ2v) is 5.35. The van der Waals surface area contributed by atoms with Gasteiger partial charge in [0.15, 0.2) is 0 Å². The summed E-state index contributed by atoms with van der Waals surface area (Å²) in [5, 5.41) is 15.7. The highest BCUT2D eigenvalue weighted by molar-refractivity contribution is 5.78. The van der Waals surface area contributed by atoms with E-state index < -0.39 is 12.0 Å². The summed E-state index contributed by atoms with van der Waals surface area (Å²) in [4.78, 5) is 11.4. The molecule has 0 radical (unpaired) electrons. The molecule has 0 aliphatic carbocycles. The molecule has 0 heterocycles. The Morgan fingerprint density at radius 2 is 2.10 bits per heavy atom. The van der Waals surface area contributed by atoms with E-state index in [1.165, 1.54) is 5.56 Å². The van der Waals surface area contributed by atoms with Gasteiger partial charge < -0.3 is 15.7 Å². The lowest BCUT2D eigenvalue weighted by Gasteiger charge is -2.23. The van der Waals surface area contributed by atoms with Gasteiger partial charge in [-0.1, -0.05) is 32.4 Å². The van der Waals surface area contributed by atoms with Crippen molar-refractivity contribution in [3.05, 3.63) is 29.3 Å². The fraction of sp³-hybridized carbons (Fsp3) is 0.562. The molecule has 0 aliphatic heterocycles. The molecule has 4 nitrogen and oxygen atoms in total. The molecule has 0 amide bonds. The molecule has 0 saturated heterocycles. The van der Waals surface area contributed by atoms with Crippen molar-refractivity contribution in [3.63, 3.8) is 0 Å². The standard InChI is InChI=1S/C16H26N2O2/c1-5-11(2)15(16(19)20)18-14-10-13(8-9-17-4)7-6-12(14)3/h6-7,10-11,15,17-18H,5,8-9H2,1-4H3,(H,19,20). The molecule has 0 aliphatic rings. The van der Waals surface area contributed by atoms with E-state index in [1.54, 1.807) is 0 Å². The van der Waals surface area contributed by atoms with Crippen molar-refractivity contribution in [2.75, 3.05) is 18.9 Å². The molecule has 0 saturated carbocycles. The normalized spacial score (nSPS) is 13.8. The first-order valence-electron chi connectivity index (χ1n) is 7.23. The number of anilines is 1. The largest absolute Gasteiger partial charge is 0.480 e. The Hall–Kier alpha value is -1.55. The maximum Gasteiger partial charge on any atom is 0.326 e. The number of likely N-dealkylation sites (N-methyl/N-ethyl adjacent to an activating group) is 1. The zero-order chi connectivity index (χ0) is 15.1. The smallest absolute Gasteiger partial charge is 0.326 e. The number of nitrogens with one attached hydrogen (secondary N) is 2. The predicted octanol–water partition coefficient (Wildman–Crippen LogP) is 2.67. The van der Waals surface area contributed by atoms with Crippen molar-refractivity contribution in [2.45, 2.75) is 39.7 Å². The fourth-order valence-electron chi connectivity index (χ4n) is 2.10. The third-order valence-electron chi connectivity index (χ3n) is 3.76. The van der Waals surface area contributed by atoms with Crippen molar-refractivity contribution in [3.8, 4) is 0 Å². The summed E-state index contributed by atoms with van der Waals surface area (Å²) < 4.78 is 0. The van der Waals surface area contributed by atoms with Gasteiger partial charge in [0.2, 0.25) is 0 Å². The van der Waals surface area contributed by atoms with Crippen LogP contribution in [0.15, 0.2) is 18.2 Å². The van der Waals surface area contributed by atoms with Crippen molar-refractivity contribution in [2.24, 2.45) is 5.92 Å². The molecule has 1 aromatic carbocycles. The van der Waals surface area contributed by atoms with Crippen LogP contribution in [0, 0.1) is 12.8 Å². The third kappa shape index (κ3) is 4.53. The second-order valence-electron chi connectivity index (χ2n) is 5.35. The number of benzene rings is 1. The topological polar surface area (TPSA) is 61.4 Å². The number of hydrogen-bond donors (Lipinski definition) is 3. The van der Waals surface area contributed by atoms with E-state index in [4.69, 9.17) is 0 Å². The average Bonchev–Trinajstić information content (AvgIpc) is 2.43. The molecule has 0 spiro atoms. The van der Waals surface area contributed by atoms with Gasteiger partial charge in [-0.2, -0.15) is 0 Å². The minimum Gasteiger partial charge on any atom is -0.480 e. The Kier molecular flexibility index (Phi) is 6.52. The van der Waals surface area contributed by atoms with Crippen LogP contribution in [-0.4, -0.2) is 30.7 Å². The molecular weight excluding hydrogens is 252 g/mol. The second kappa shape index (κ2) is 7.90. The molecule has 3 N–H and O–H groups in total. The van der Waals surface area contributed by atoms with Crippen LogP contribution in [0.5, 0.6) is 0 Å². The van der Waals surface area contributed by atoms with Crippen molar-refractivity contribution in [1.29, 1.82) is 0 Å². The van der Waals surface area contributed by atoms with Gasteiger partial charge >= 0.3 is 5.97 Å². The summed E-state index contributed by atoms with van der Waals surface area (Å²) in [7, 11) is 1.93. The Labute approximate surface area is 121 Å². The highest BCUT2D eigenvalue weighted by Gasteiger charge is 2.23. The molecule has 2 atom stereocenters. The van der Waals surface area contributed by atoms with E-state index in [0.29, 0.717) is 0 Å². The third-order valence-corrected chi connectivity index (χ3v) is 3.76. The lowest BCUT2D eigenvalue weighted by atomic mass is 9.98. The molecule has 20 heavy (non-hydrogen) atoms. The van der Waals surface area contributed by atoms with Crippen LogP contribution < -0.4 is 10.6 Å². The fourth-order valence-corrected chi connectivity index (χ4v) is 2.10. The first kappa shape index (κ1) is 16.5. The number of carboxylic acid groups (broad SMARTS) is 1. The number of rotatable bonds is 8. The summed E-state index contributed by atoms with van der Waals surface area (Å²) in [6.45, 7) is 6.89. The lowest BCUT2D eigenvalue weighted by Crippen LogP contribution is -2.35. The van der Waals surface area contributed by atoms with Crippen molar-refractivity contribution >= 4 is 11.7 Å². The highest BCUT2D eigenvalue weighted by atomic mass is 16.4. The lowest BCUT2D eigenvalue weighted by molar-refractivity contribution is -0.139. The molecule has 1 rings (SSSR count). The van der Waals surface area contributed by atoms with Crippen LogP contribution in [0.3, 0.4) is 0 Å². The van der Waals surface area contributed by atoms with Gasteiger partial charge in [-0.25, -0.2) is 4.79 Å². The summed E-state index contributed by atoms with van der Waals surface area (Å²) in [6.07, 6.45) is 1.77. The quantitative estimate of drug-likeness (QED) is 0.684. The minimum absolute atomic E-state index is 0.0906. The van der Waals surface area contributed by atoms with E-state index in [-0.39, 0.29) is 5.92 Å². The number of hydrogen-bond acceptors (Lipinski definition) is 3. The van der Waals surface area contributed by atoms with Gasteiger partial charge in [0.05, 0.1) is 0 Å². The molecule has 0 bridgehead atoms. The molecule has 112 valence electrons. The van der Waals surface area contributed by atoms with Crippen LogP contribution in [0.1, 0.15) is 31.4 Å². The van der Waals surface area contributed by atoms with E-state index in [2.05, 4.69) is 22.8 Å². The molecule has 4 heteroatoms. The van der Waals surface area contributed by atoms with Gasteiger partial charge in [0.1, 0.15) is 6.04 Å². The van der Waals surface area contributed by atoms with Crippen molar-refractivity contribution < 1.29 is 9.90 Å². The van der Waals surface area contributed by atoms with E-state index >= 15 is 0 Å². The summed E-state index contributed by atoms with van der Waals surface area (Å²) >= 11 is 0.